The van der Waals surface area contributed by atoms with E-state index in [4.69, 9.17) is 16.7 Å². The monoisotopic (exact) mass is 229 g/mol. The first-order valence-corrected chi connectivity index (χ1v) is 4.89. The second-order valence-corrected chi connectivity index (χ2v) is 4.02. The highest BCUT2D eigenvalue weighted by Crippen LogP contribution is 2.27. The fourth-order valence-corrected chi connectivity index (χ4v) is 1.84. The SMILES string of the molecule is Cc1[nH]c(=O)c(C(=O)O)c(C(C)C)c1Cl. The van der Waals surface area contributed by atoms with Crippen molar-refractivity contribution in [3.63, 3.8) is 0 Å². The lowest BCUT2D eigenvalue weighted by molar-refractivity contribution is 0.0693. The molecule has 82 valence electrons. The number of aromatic nitrogens is 1. The summed E-state index contributed by atoms with van der Waals surface area (Å²) < 4.78 is 0. The number of hydrogen-bond acceptors (Lipinski definition) is 2. The molecular formula is C10H12ClNO3. The second kappa shape index (κ2) is 4.06. The topological polar surface area (TPSA) is 70.2 Å². The van der Waals surface area contributed by atoms with Crippen molar-refractivity contribution < 1.29 is 9.90 Å². The molecule has 0 spiro atoms. The van der Waals surface area contributed by atoms with Crippen LogP contribution >= 0.6 is 11.6 Å². The van der Waals surface area contributed by atoms with Crippen LogP contribution in [0.1, 0.15) is 41.4 Å². The molecule has 2 N–H and O–H groups in total. The van der Waals surface area contributed by atoms with E-state index < -0.39 is 11.5 Å². The van der Waals surface area contributed by atoms with Gasteiger partial charge >= 0.3 is 5.97 Å². The molecule has 0 saturated heterocycles. The van der Waals surface area contributed by atoms with Crippen molar-refractivity contribution in [2.45, 2.75) is 26.7 Å². The molecule has 0 unspecified atom stereocenters. The molecule has 1 heterocycles. The van der Waals surface area contributed by atoms with E-state index in [9.17, 15) is 9.59 Å². The Labute approximate surface area is 91.9 Å². The van der Waals surface area contributed by atoms with Crippen molar-refractivity contribution in [3.8, 4) is 0 Å². The number of carbonyl (C=O) groups is 1. The van der Waals surface area contributed by atoms with E-state index >= 15 is 0 Å². The van der Waals surface area contributed by atoms with Crippen molar-refractivity contribution in [1.82, 2.24) is 4.98 Å². The van der Waals surface area contributed by atoms with Crippen LogP contribution in [0.15, 0.2) is 4.79 Å². The van der Waals surface area contributed by atoms with Gasteiger partial charge in [-0.05, 0) is 18.4 Å². The minimum atomic E-state index is -1.25. The summed E-state index contributed by atoms with van der Waals surface area (Å²) in [5, 5.41) is 9.25. The molecular weight excluding hydrogens is 218 g/mol. The maximum atomic E-state index is 11.5. The number of hydrogen-bond donors (Lipinski definition) is 2. The van der Waals surface area contributed by atoms with Gasteiger partial charge < -0.3 is 10.1 Å². The van der Waals surface area contributed by atoms with Crippen LogP contribution in [0.5, 0.6) is 0 Å². The van der Waals surface area contributed by atoms with E-state index in [0.29, 0.717) is 16.3 Å². The quantitative estimate of drug-likeness (QED) is 0.817. The fourth-order valence-electron chi connectivity index (χ4n) is 1.48. The van der Waals surface area contributed by atoms with Crippen molar-refractivity contribution in [3.05, 3.63) is 32.2 Å². The molecule has 1 aromatic rings. The molecule has 0 radical (unpaired) electrons. The minimum Gasteiger partial charge on any atom is -0.477 e. The summed E-state index contributed by atoms with van der Waals surface area (Å²) in [5.41, 5.74) is 0.0227. The zero-order valence-corrected chi connectivity index (χ0v) is 9.47. The molecule has 0 fully saturated rings. The predicted molar refractivity (Wildman–Crippen MR) is 57.9 cm³/mol. The van der Waals surface area contributed by atoms with Crippen LogP contribution in [0.25, 0.3) is 0 Å². The van der Waals surface area contributed by atoms with E-state index in [2.05, 4.69) is 4.98 Å². The highest BCUT2D eigenvalue weighted by atomic mass is 35.5. The number of H-pyrrole nitrogens is 1. The average molecular weight is 230 g/mol. The summed E-state index contributed by atoms with van der Waals surface area (Å²) in [6.45, 7) is 5.24. The number of halogens is 1. The summed E-state index contributed by atoms with van der Waals surface area (Å²) in [4.78, 5) is 24.8. The number of carboxylic acids is 1. The lowest BCUT2D eigenvalue weighted by Crippen LogP contribution is -2.22. The Morgan fingerprint density at radius 2 is 2.00 bits per heavy atom. The lowest BCUT2D eigenvalue weighted by atomic mass is 9.98. The predicted octanol–water partition coefficient (Wildman–Crippen LogP) is 2.16. The Balaban J connectivity index is 3.70. The fraction of sp³-hybridized carbons (Fsp3) is 0.400. The molecule has 0 amide bonds. The highest BCUT2D eigenvalue weighted by Gasteiger charge is 2.21. The van der Waals surface area contributed by atoms with Crippen molar-refractivity contribution in [2.24, 2.45) is 0 Å². The van der Waals surface area contributed by atoms with Crippen LogP contribution in [-0.4, -0.2) is 16.1 Å². The average Bonchev–Trinajstić information content (AvgIpc) is 2.09. The van der Waals surface area contributed by atoms with Gasteiger partial charge in [0.15, 0.2) is 0 Å². The van der Waals surface area contributed by atoms with Crippen molar-refractivity contribution >= 4 is 17.6 Å². The Bertz CT molecular complexity index is 462. The van der Waals surface area contributed by atoms with Crippen LogP contribution in [0, 0.1) is 6.92 Å². The molecule has 0 aromatic carbocycles. The van der Waals surface area contributed by atoms with Gasteiger partial charge in [0.1, 0.15) is 5.56 Å². The molecule has 0 atom stereocenters. The van der Waals surface area contributed by atoms with Crippen LogP contribution in [-0.2, 0) is 0 Å². The summed E-state index contributed by atoms with van der Waals surface area (Å²) in [5.74, 6) is -1.36. The van der Waals surface area contributed by atoms with Crippen molar-refractivity contribution in [1.29, 1.82) is 0 Å². The van der Waals surface area contributed by atoms with Gasteiger partial charge in [-0.25, -0.2) is 4.79 Å². The normalized spacial score (nSPS) is 10.7. The number of aryl methyl sites for hydroxylation is 1. The lowest BCUT2D eigenvalue weighted by Gasteiger charge is -2.12. The van der Waals surface area contributed by atoms with E-state index in [1.54, 1.807) is 20.8 Å². The third-order valence-corrected chi connectivity index (χ3v) is 2.64. The van der Waals surface area contributed by atoms with Crippen LogP contribution < -0.4 is 5.56 Å². The number of pyridine rings is 1. The summed E-state index contributed by atoms with van der Waals surface area (Å²) >= 11 is 5.98. The Morgan fingerprint density at radius 1 is 1.47 bits per heavy atom. The number of aromatic amines is 1. The maximum Gasteiger partial charge on any atom is 0.341 e. The van der Waals surface area contributed by atoms with Crippen LogP contribution in [0.4, 0.5) is 0 Å². The number of rotatable bonds is 2. The first-order chi connectivity index (χ1) is 6.86. The standard InChI is InChI=1S/C10H12ClNO3/c1-4(2)6-7(10(14)15)9(13)12-5(3)8(6)11/h4H,1-3H3,(H,12,13)(H,14,15). The van der Waals surface area contributed by atoms with E-state index in [1.165, 1.54) is 0 Å². The molecule has 0 bridgehead atoms. The van der Waals surface area contributed by atoms with Gasteiger partial charge in [-0.15, -0.1) is 0 Å². The maximum absolute atomic E-state index is 11.5. The van der Waals surface area contributed by atoms with E-state index in [0.717, 1.165) is 0 Å². The van der Waals surface area contributed by atoms with E-state index in [1.807, 2.05) is 0 Å². The van der Waals surface area contributed by atoms with Gasteiger partial charge in [-0.2, -0.15) is 0 Å². The largest absolute Gasteiger partial charge is 0.477 e. The highest BCUT2D eigenvalue weighted by molar-refractivity contribution is 6.32. The van der Waals surface area contributed by atoms with Gasteiger partial charge in [0.25, 0.3) is 5.56 Å². The second-order valence-electron chi connectivity index (χ2n) is 3.64. The van der Waals surface area contributed by atoms with Crippen LogP contribution in [0.3, 0.4) is 0 Å². The number of aromatic carboxylic acids is 1. The molecule has 0 aliphatic rings. The third-order valence-electron chi connectivity index (χ3n) is 2.15. The van der Waals surface area contributed by atoms with Gasteiger partial charge in [-0.1, -0.05) is 25.4 Å². The summed E-state index contributed by atoms with van der Waals surface area (Å²) in [6, 6.07) is 0. The van der Waals surface area contributed by atoms with Crippen molar-refractivity contribution in [2.75, 3.05) is 0 Å². The molecule has 1 aromatic heterocycles. The van der Waals surface area contributed by atoms with Gasteiger partial charge in [-0.3, -0.25) is 4.79 Å². The van der Waals surface area contributed by atoms with Crippen LogP contribution in [0.2, 0.25) is 5.02 Å². The summed E-state index contributed by atoms with van der Waals surface area (Å²) in [7, 11) is 0. The molecule has 5 heteroatoms. The zero-order valence-electron chi connectivity index (χ0n) is 8.72. The Kier molecular flexibility index (Phi) is 3.19. The smallest absolute Gasteiger partial charge is 0.341 e. The molecule has 0 aliphatic heterocycles. The zero-order chi connectivity index (χ0) is 11.7. The number of carboxylic acid groups (broad SMARTS) is 1. The molecule has 0 saturated carbocycles. The van der Waals surface area contributed by atoms with Gasteiger partial charge in [0.05, 0.1) is 5.02 Å². The molecule has 0 aliphatic carbocycles. The molecule has 1 rings (SSSR count). The molecule has 4 nitrogen and oxygen atoms in total. The first kappa shape index (κ1) is 11.8. The van der Waals surface area contributed by atoms with E-state index in [-0.39, 0.29) is 11.5 Å². The first-order valence-electron chi connectivity index (χ1n) is 4.51. The van der Waals surface area contributed by atoms with Gasteiger partial charge in [0, 0.05) is 5.69 Å². The third kappa shape index (κ3) is 2.04. The van der Waals surface area contributed by atoms with Gasteiger partial charge in [0.2, 0.25) is 0 Å². The minimum absolute atomic E-state index is 0.107. The molecule has 15 heavy (non-hydrogen) atoms. The Hall–Kier alpha value is -1.29. The Morgan fingerprint density at radius 3 is 2.40 bits per heavy atom. The summed E-state index contributed by atoms with van der Waals surface area (Å²) in [6.07, 6.45) is 0. The number of nitrogens with one attached hydrogen (secondary N) is 1.